The van der Waals surface area contributed by atoms with E-state index in [9.17, 15) is 0 Å². The van der Waals surface area contributed by atoms with E-state index in [1.165, 1.54) is 41.5 Å². The summed E-state index contributed by atoms with van der Waals surface area (Å²) in [4.78, 5) is 8.14. The van der Waals surface area contributed by atoms with Crippen LogP contribution >= 0.6 is 11.3 Å². The molecule has 2 rings (SSSR count). The molecular formula is C16H29N3S. The molecule has 1 aliphatic heterocycles. The highest BCUT2D eigenvalue weighted by atomic mass is 32.1. The van der Waals surface area contributed by atoms with Gasteiger partial charge >= 0.3 is 0 Å². The van der Waals surface area contributed by atoms with Gasteiger partial charge in [0.15, 0.2) is 0 Å². The van der Waals surface area contributed by atoms with Gasteiger partial charge in [-0.2, -0.15) is 0 Å². The zero-order chi connectivity index (χ0) is 14.5. The van der Waals surface area contributed by atoms with E-state index in [0.717, 1.165) is 19.6 Å². The molecule has 1 N–H and O–H groups in total. The molecule has 0 atom stereocenters. The fourth-order valence-corrected chi connectivity index (χ4v) is 3.78. The van der Waals surface area contributed by atoms with Gasteiger partial charge in [-0.05, 0) is 38.9 Å². The first-order valence-corrected chi connectivity index (χ1v) is 8.67. The number of rotatable bonds is 6. The molecule has 0 saturated carbocycles. The lowest BCUT2D eigenvalue weighted by atomic mass is 10.2. The maximum atomic E-state index is 3.42. The third kappa shape index (κ3) is 4.29. The molecule has 1 fully saturated rings. The summed E-state index contributed by atoms with van der Waals surface area (Å²) < 4.78 is 0. The minimum Gasteiger partial charge on any atom is -0.312 e. The van der Waals surface area contributed by atoms with Gasteiger partial charge in [0.05, 0.1) is 0 Å². The lowest BCUT2D eigenvalue weighted by Crippen LogP contribution is -2.48. The predicted molar refractivity (Wildman–Crippen MR) is 88.4 cm³/mol. The minimum absolute atomic E-state index is 0.687. The van der Waals surface area contributed by atoms with Crippen molar-refractivity contribution in [1.29, 1.82) is 0 Å². The molecule has 114 valence electrons. The van der Waals surface area contributed by atoms with Crippen LogP contribution < -0.4 is 5.32 Å². The van der Waals surface area contributed by atoms with Crippen molar-refractivity contribution >= 4 is 11.3 Å². The van der Waals surface area contributed by atoms with Crippen molar-refractivity contribution in [2.75, 3.05) is 32.7 Å². The largest absolute Gasteiger partial charge is 0.312 e. The molecule has 0 amide bonds. The molecule has 2 heterocycles. The summed E-state index contributed by atoms with van der Waals surface area (Å²) in [6.07, 6.45) is 0. The van der Waals surface area contributed by atoms with E-state index in [0.29, 0.717) is 6.04 Å². The topological polar surface area (TPSA) is 18.5 Å². The van der Waals surface area contributed by atoms with Gasteiger partial charge in [0.1, 0.15) is 0 Å². The van der Waals surface area contributed by atoms with Crippen LogP contribution in [0.25, 0.3) is 0 Å². The normalized spacial score (nSPS) is 18.1. The molecular weight excluding hydrogens is 266 g/mol. The van der Waals surface area contributed by atoms with Crippen LogP contribution in [0, 0.1) is 6.92 Å². The van der Waals surface area contributed by atoms with Gasteiger partial charge in [-0.25, -0.2) is 0 Å². The fraction of sp³-hybridized carbons (Fsp3) is 0.750. The molecule has 0 radical (unpaired) electrons. The smallest absolute Gasteiger partial charge is 0.0299 e. The number of piperazine rings is 1. The molecule has 0 aliphatic carbocycles. The standard InChI is InChI=1S/C16H29N3S/c1-5-17-11-16-10-15(14(4)20-16)12-18-6-8-19(9-7-18)13(2)3/h10,13,17H,5-9,11-12H2,1-4H3. The Kier molecular flexibility index (Phi) is 6.02. The monoisotopic (exact) mass is 295 g/mol. The predicted octanol–water partition coefficient (Wildman–Crippen LogP) is 2.69. The van der Waals surface area contributed by atoms with Crippen LogP contribution in [0.15, 0.2) is 6.07 Å². The van der Waals surface area contributed by atoms with E-state index >= 15 is 0 Å². The molecule has 1 saturated heterocycles. The first-order chi connectivity index (χ1) is 9.60. The summed E-state index contributed by atoms with van der Waals surface area (Å²) in [5.74, 6) is 0. The summed E-state index contributed by atoms with van der Waals surface area (Å²) in [6, 6.07) is 3.09. The molecule has 0 bridgehead atoms. The summed E-state index contributed by atoms with van der Waals surface area (Å²) in [5, 5.41) is 3.42. The Labute approximate surface area is 128 Å². The molecule has 3 nitrogen and oxygen atoms in total. The SMILES string of the molecule is CCNCc1cc(CN2CCN(C(C)C)CC2)c(C)s1. The highest BCUT2D eigenvalue weighted by Gasteiger charge is 2.19. The number of hydrogen-bond acceptors (Lipinski definition) is 4. The van der Waals surface area contributed by atoms with Crippen LogP contribution in [0.1, 0.15) is 36.1 Å². The second-order valence-electron chi connectivity index (χ2n) is 5.98. The molecule has 0 unspecified atom stereocenters. The fourth-order valence-electron chi connectivity index (χ4n) is 2.76. The Morgan fingerprint density at radius 1 is 1.25 bits per heavy atom. The first kappa shape index (κ1) is 16.0. The Hall–Kier alpha value is -0.420. The quantitative estimate of drug-likeness (QED) is 0.870. The maximum Gasteiger partial charge on any atom is 0.0299 e. The van der Waals surface area contributed by atoms with E-state index in [2.05, 4.69) is 48.9 Å². The van der Waals surface area contributed by atoms with E-state index in [4.69, 9.17) is 0 Å². The molecule has 0 aromatic carbocycles. The first-order valence-electron chi connectivity index (χ1n) is 7.85. The number of nitrogens with zero attached hydrogens (tertiary/aromatic N) is 2. The van der Waals surface area contributed by atoms with Gasteiger partial charge in [0.2, 0.25) is 0 Å². The van der Waals surface area contributed by atoms with Gasteiger partial charge in [-0.1, -0.05) is 6.92 Å². The van der Waals surface area contributed by atoms with Crippen LogP contribution in [0.2, 0.25) is 0 Å². The number of nitrogens with one attached hydrogen (secondary N) is 1. The van der Waals surface area contributed by atoms with Crippen LogP contribution in [-0.4, -0.2) is 48.6 Å². The summed E-state index contributed by atoms with van der Waals surface area (Å²) >= 11 is 1.95. The Bertz CT molecular complexity index is 406. The molecule has 1 aliphatic rings. The van der Waals surface area contributed by atoms with Crippen LogP contribution in [0.3, 0.4) is 0 Å². The summed E-state index contributed by atoms with van der Waals surface area (Å²) in [6.45, 7) is 17.0. The third-order valence-electron chi connectivity index (χ3n) is 4.15. The maximum absolute atomic E-state index is 3.42. The molecule has 1 aromatic rings. The van der Waals surface area contributed by atoms with Crippen LogP contribution in [-0.2, 0) is 13.1 Å². The zero-order valence-electron chi connectivity index (χ0n) is 13.4. The van der Waals surface area contributed by atoms with Crippen molar-refractivity contribution in [3.63, 3.8) is 0 Å². The average molecular weight is 295 g/mol. The Morgan fingerprint density at radius 3 is 2.55 bits per heavy atom. The number of hydrogen-bond donors (Lipinski definition) is 1. The number of aryl methyl sites for hydroxylation is 1. The van der Waals surface area contributed by atoms with E-state index in [-0.39, 0.29) is 0 Å². The highest BCUT2D eigenvalue weighted by Crippen LogP contribution is 2.23. The highest BCUT2D eigenvalue weighted by molar-refractivity contribution is 7.12. The van der Waals surface area contributed by atoms with Crippen molar-refractivity contribution in [3.8, 4) is 0 Å². The second-order valence-corrected chi connectivity index (χ2v) is 7.32. The van der Waals surface area contributed by atoms with Gasteiger partial charge in [0, 0.05) is 55.1 Å². The van der Waals surface area contributed by atoms with Crippen LogP contribution in [0.4, 0.5) is 0 Å². The number of thiophene rings is 1. The summed E-state index contributed by atoms with van der Waals surface area (Å²) in [5.41, 5.74) is 1.53. The average Bonchev–Trinajstić information content (AvgIpc) is 2.77. The van der Waals surface area contributed by atoms with Crippen molar-refractivity contribution in [2.24, 2.45) is 0 Å². The van der Waals surface area contributed by atoms with Crippen molar-refractivity contribution in [2.45, 2.75) is 46.8 Å². The molecule has 20 heavy (non-hydrogen) atoms. The lowest BCUT2D eigenvalue weighted by molar-refractivity contribution is 0.104. The molecule has 4 heteroatoms. The lowest BCUT2D eigenvalue weighted by Gasteiger charge is -2.36. The minimum atomic E-state index is 0.687. The van der Waals surface area contributed by atoms with Crippen molar-refractivity contribution in [3.05, 3.63) is 21.4 Å². The van der Waals surface area contributed by atoms with E-state index < -0.39 is 0 Å². The van der Waals surface area contributed by atoms with Gasteiger partial charge in [-0.3, -0.25) is 9.80 Å². The van der Waals surface area contributed by atoms with Crippen molar-refractivity contribution in [1.82, 2.24) is 15.1 Å². The van der Waals surface area contributed by atoms with E-state index in [1.807, 2.05) is 11.3 Å². The van der Waals surface area contributed by atoms with Gasteiger partial charge in [-0.15, -0.1) is 11.3 Å². The van der Waals surface area contributed by atoms with Crippen molar-refractivity contribution < 1.29 is 0 Å². The van der Waals surface area contributed by atoms with E-state index in [1.54, 1.807) is 0 Å². The zero-order valence-corrected chi connectivity index (χ0v) is 14.2. The summed E-state index contributed by atoms with van der Waals surface area (Å²) in [7, 11) is 0. The molecule has 1 aromatic heterocycles. The molecule has 0 spiro atoms. The van der Waals surface area contributed by atoms with Crippen LogP contribution in [0.5, 0.6) is 0 Å². The third-order valence-corrected chi connectivity index (χ3v) is 5.24. The van der Waals surface area contributed by atoms with Gasteiger partial charge in [0.25, 0.3) is 0 Å². The van der Waals surface area contributed by atoms with Gasteiger partial charge < -0.3 is 5.32 Å². The Balaban J connectivity index is 1.86. The second kappa shape index (κ2) is 7.55. The Morgan fingerprint density at radius 2 is 1.95 bits per heavy atom.